The van der Waals surface area contributed by atoms with Crippen LogP contribution in [0.1, 0.15) is 13.0 Å². The van der Waals surface area contributed by atoms with Crippen molar-refractivity contribution < 1.29 is 9.90 Å². The lowest BCUT2D eigenvalue weighted by Crippen LogP contribution is -2.44. The van der Waals surface area contributed by atoms with Gasteiger partial charge in [-0.15, -0.1) is 5.10 Å². The smallest absolute Gasteiger partial charge is 0.328 e. The van der Waals surface area contributed by atoms with Crippen molar-refractivity contribution in [1.82, 2.24) is 30.3 Å². The van der Waals surface area contributed by atoms with Crippen LogP contribution in [0.15, 0.2) is 43.0 Å². The van der Waals surface area contributed by atoms with Crippen molar-refractivity contribution in [1.29, 1.82) is 0 Å². The molecule has 0 aliphatic heterocycles. The standard InChI is InChI=1S/C9H16N4O2.C6H5N3/c1-2-11-5-7(10)8(9(14)15)13-4-3-12-6-13;1-2-4-6-5(3-1)7-9-8-6/h3-4,6-8,11H,2,5,10H2,1H3,(H,14,15);1-4H,(H,7,8,9). The molecule has 9 nitrogen and oxygen atoms in total. The number of H-pyrrole nitrogens is 1. The van der Waals surface area contributed by atoms with Gasteiger partial charge in [-0.25, -0.2) is 9.78 Å². The van der Waals surface area contributed by atoms with E-state index >= 15 is 0 Å². The Morgan fingerprint density at radius 1 is 1.46 bits per heavy atom. The van der Waals surface area contributed by atoms with Crippen molar-refractivity contribution in [3.05, 3.63) is 43.0 Å². The third kappa shape index (κ3) is 4.61. The second kappa shape index (κ2) is 8.75. The van der Waals surface area contributed by atoms with E-state index in [1.807, 2.05) is 31.2 Å². The molecule has 0 amide bonds. The molecule has 1 aromatic carbocycles. The van der Waals surface area contributed by atoms with Crippen molar-refractivity contribution >= 4 is 17.0 Å². The molecule has 2 aromatic heterocycles. The van der Waals surface area contributed by atoms with Crippen LogP contribution in [-0.4, -0.2) is 55.2 Å². The molecule has 0 saturated carbocycles. The zero-order valence-electron chi connectivity index (χ0n) is 13.3. The molecule has 0 fully saturated rings. The number of hydrogen-bond donors (Lipinski definition) is 4. The summed E-state index contributed by atoms with van der Waals surface area (Å²) in [4.78, 5) is 14.9. The molecule has 3 rings (SSSR count). The number of aromatic nitrogens is 5. The van der Waals surface area contributed by atoms with Crippen LogP contribution in [0.25, 0.3) is 11.0 Å². The Balaban J connectivity index is 0.000000194. The number of benzene rings is 1. The summed E-state index contributed by atoms with van der Waals surface area (Å²) in [6, 6.07) is 6.49. The Bertz CT molecular complexity index is 711. The van der Waals surface area contributed by atoms with Crippen molar-refractivity contribution in [2.24, 2.45) is 5.73 Å². The van der Waals surface area contributed by atoms with Gasteiger partial charge in [0.2, 0.25) is 0 Å². The molecule has 0 spiro atoms. The number of carbonyl (C=O) groups is 1. The molecule has 2 unspecified atom stereocenters. The lowest BCUT2D eigenvalue weighted by atomic mass is 10.1. The van der Waals surface area contributed by atoms with Crippen LogP contribution in [0.4, 0.5) is 0 Å². The molecule has 0 aliphatic carbocycles. The summed E-state index contributed by atoms with van der Waals surface area (Å²) in [6.45, 7) is 3.18. The summed E-state index contributed by atoms with van der Waals surface area (Å²) in [6.07, 6.45) is 4.60. The largest absolute Gasteiger partial charge is 0.480 e. The second-order valence-corrected chi connectivity index (χ2v) is 5.09. The number of nitrogens with zero attached hydrogens (tertiary/aromatic N) is 4. The average molecular weight is 331 g/mol. The van der Waals surface area contributed by atoms with Crippen LogP contribution in [0.3, 0.4) is 0 Å². The highest BCUT2D eigenvalue weighted by molar-refractivity contribution is 5.73. The highest BCUT2D eigenvalue weighted by atomic mass is 16.4. The molecule has 0 radical (unpaired) electrons. The highest BCUT2D eigenvalue weighted by Crippen LogP contribution is 2.09. The maximum atomic E-state index is 11.0. The Morgan fingerprint density at radius 3 is 2.88 bits per heavy atom. The van der Waals surface area contributed by atoms with Gasteiger partial charge in [0.1, 0.15) is 11.6 Å². The van der Waals surface area contributed by atoms with Gasteiger partial charge in [-0.05, 0) is 18.7 Å². The molecule has 9 heteroatoms. The van der Waals surface area contributed by atoms with Crippen molar-refractivity contribution in [3.8, 4) is 0 Å². The zero-order valence-corrected chi connectivity index (χ0v) is 13.3. The Morgan fingerprint density at radius 2 is 2.25 bits per heavy atom. The summed E-state index contributed by atoms with van der Waals surface area (Å²) in [7, 11) is 0. The molecule has 128 valence electrons. The van der Waals surface area contributed by atoms with E-state index in [4.69, 9.17) is 10.8 Å². The van der Waals surface area contributed by atoms with Gasteiger partial charge in [0, 0.05) is 25.0 Å². The minimum Gasteiger partial charge on any atom is -0.480 e. The van der Waals surface area contributed by atoms with Gasteiger partial charge in [-0.2, -0.15) is 0 Å². The molecule has 5 N–H and O–H groups in total. The monoisotopic (exact) mass is 331 g/mol. The number of aliphatic carboxylic acids is 1. The molecule has 2 atom stereocenters. The van der Waals surface area contributed by atoms with Gasteiger partial charge in [-0.1, -0.05) is 24.3 Å². The minimum absolute atomic E-state index is 0.464. The number of carboxylic acids is 1. The fourth-order valence-electron chi connectivity index (χ4n) is 2.18. The third-order valence-corrected chi connectivity index (χ3v) is 3.37. The van der Waals surface area contributed by atoms with E-state index in [0.717, 1.165) is 17.6 Å². The maximum absolute atomic E-state index is 11.0. The minimum atomic E-state index is -0.946. The Hall–Kier alpha value is -2.78. The fraction of sp³-hybridized carbons (Fsp3) is 0.333. The molecule has 3 aromatic rings. The van der Waals surface area contributed by atoms with Crippen LogP contribution in [0, 0.1) is 0 Å². The van der Waals surface area contributed by atoms with Gasteiger partial charge < -0.3 is 20.7 Å². The fourth-order valence-corrected chi connectivity index (χ4v) is 2.18. The summed E-state index contributed by atoms with van der Waals surface area (Å²) in [5.41, 5.74) is 7.70. The predicted molar refractivity (Wildman–Crippen MR) is 89.3 cm³/mol. The van der Waals surface area contributed by atoms with Crippen LogP contribution in [0.2, 0.25) is 0 Å². The van der Waals surface area contributed by atoms with Crippen molar-refractivity contribution in [3.63, 3.8) is 0 Å². The van der Waals surface area contributed by atoms with Crippen molar-refractivity contribution in [2.75, 3.05) is 13.1 Å². The number of para-hydroxylation sites is 1. The third-order valence-electron chi connectivity index (χ3n) is 3.37. The van der Waals surface area contributed by atoms with E-state index in [1.165, 1.54) is 17.1 Å². The summed E-state index contributed by atoms with van der Waals surface area (Å²) in [5, 5.41) is 22.3. The number of nitrogens with one attached hydrogen (secondary N) is 2. The van der Waals surface area contributed by atoms with Gasteiger partial charge in [0.15, 0.2) is 0 Å². The first-order valence-electron chi connectivity index (χ1n) is 7.55. The Labute approximate surface area is 138 Å². The van der Waals surface area contributed by atoms with Crippen LogP contribution >= 0.6 is 0 Å². The summed E-state index contributed by atoms with van der Waals surface area (Å²) < 4.78 is 1.50. The topological polar surface area (TPSA) is 135 Å². The normalized spacial score (nSPS) is 13.1. The Kier molecular flexibility index (Phi) is 6.41. The molecule has 2 heterocycles. The van der Waals surface area contributed by atoms with E-state index in [-0.39, 0.29) is 0 Å². The zero-order chi connectivity index (χ0) is 17.4. The van der Waals surface area contributed by atoms with Gasteiger partial charge in [0.25, 0.3) is 0 Å². The summed E-state index contributed by atoms with van der Waals surface area (Å²) in [5.74, 6) is -0.946. The van der Waals surface area contributed by atoms with Crippen LogP contribution in [-0.2, 0) is 4.79 Å². The lowest BCUT2D eigenvalue weighted by molar-refractivity contribution is -0.141. The van der Waals surface area contributed by atoms with E-state index < -0.39 is 18.1 Å². The van der Waals surface area contributed by atoms with E-state index in [2.05, 4.69) is 25.7 Å². The number of rotatable bonds is 6. The van der Waals surface area contributed by atoms with Crippen LogP contribution in [0.5, 0.6) is 0 Å². The number of hydrogen-bond acceptors (Lipinski definition) is 6. The SMILES string of the molecule is CCNCC(N)C(C(=O)O)n1ccnc1.c1ccc2[nH]nnc2c1. The highest BCUT2D eigenvalue weighted by Gasteiger charge is 2.26. The number of fused-ring (bicyclic) bond motifs is 1. The first-order valence-corrected chi connectivity index (χ1v) is 7.55. The lowest BCUT2D eigenvalue weighted by Gasteiger charge is -2.21. The number of nitrogens with two attached hydrogens (primary N) is 1. The average Bonchev–Trinajstić information content (AvgIpc) is 3.24. The number of likely N-dealkylation sites (N-methyl/N-ethyl adjacent to an activating group) is 1. The summed E-state index contributed by atoms with van der Waals surface area (Å²) >= 11 is 0. The van der Waals surface area contributed by atoms with Gasteiger partial charge >= 0.3 is 5.97 Å². The maximum Gasteiger partial charge on any atom is 0.328 e. The van der Waals surface area contributed by atoms with Crippen molar-refractivity contribution in [2.45, 2.75) is 19.0 Å². The second-order valence-electron chi connectivity index (χ2n) is 5.09. The van der Waals surface area contributed by atoms with Crippen LogP contribution < -0.4 is 11.1 Å². The van der Waals surface area contributed by atoms with E-state index in [0.29, 0.717) is 6.54 Å². The number of aromatic amines is 1. The molecule has 0 aliphatic rings. The number of carboxylic acid groups (broad SMARTS) is 1. The first-order chi connectivity index (χ1) is 11.6. The molecule has 0 bridgehead atoms. The van der Waals surface area contributed by atoms with E-state index in [1.54, 1.807) is 6.20 Å². The van der Waals surface area contributed by atoms with Gasteiger partial charge in [0.05, 0.1) is 11.8 Å². The first kappa shape index (κ1) is 17.6. The van der Waals surface area contributed by atoms with Gasteiger partial charge in [-0.3, -0.25) is 5.10 Å². The predicted octanol–water partition coefficient (Wildman–Crippen LogP) is 0.404. The molecule has 0 saturated heterocycles. The molecule has 24 heavy (non-hydrogen) atoms. The van der Waals surface area contributed by atoms with E-state index in [9.17, 15) is 4.79 Å². The quantitative estimate of drug-likeness (QED) is 0.513. The molecular formula is C15H21N7O2. The number of imidazole rings is 1. The molecular weight excluding hydrogens is 310 g/mol.